The number of furan rings is 1. The van der Waals surface area contributed by atoms with Gasteiger partial charge in [-0.3, -0.25) is 0 Å². The molecule has 3 aromatic rings. The first kappa shape index (κ1) is 13.5. The topological polar surface area (TPSA) is 47.3 Å². The van der Waals surface area contributed by atoms with Crippen LogP contribution in [0.3, 0.4) is 0 Å². The van der Waals surface area contributed by atoms with Gasteiger partial charge in [-0.25, -0.2) is 4.98 Å². The number of hydrogen-bond acceptors (Lipinski definition) is 4. The Bertz CT molecular complexity index is 732. The molecule has 0 atom stereocenters. The summed E-state index contributed by atoms with van der Waals surface area (Å²) >= 11 is 0. The van der Waals surface area contributed by atoms with Crippen molar-refractivity contribution in [1.82, 2.24) is 4.98 Å². The summed E-state index contributed by atoms with van der Waals surface area (Å²) in [6.07, 6.45) is 1.78. The first-order chi connectivity index (χ1) is 10.3. The fourth-order valence-corrected chi connectivity index (χ4v) is 2.35. The van der Waals surface area contributed by atoms with Gasteiger partial charge in [-0.1, -0.05) is 18.2 Å². The second kappa shape index (κ2) is 5.87. The SMILES string of the molecule is CCOc1ccc(NCc2c(C)oc3ccccc23)cn1. The molecular weight excluding hydrogens is 264 g/mol. The van der Waals surface area contributed by atoms with Crippen LogP contribution in [0.4, 0.5) is 5.69 Å². The van der Waals surface area contributed by atoms with E-state index in [2.05, 4.69) is 16.4 Å². The molecule has 0 aliphatic carbocycles. The van der Waals surface area contributed by atoms with Crippen molar-refractivity contribution in [3.63, 3.8) is 0 Å². The van der Waals surface area contributed by atoms with Crippen LogP contribution in [0.2, 0.25) is 0 Å². The Morgan fingerprint density at radius 3 is 2.81 bits per heavy atom. The molecule has 0 aliphatic heterocycles. The maximum atomic E-state index is 5.76. The quantitative estimate of drug-likeness (QED) is 0.763. The van der Waals surface area contributed by atoms with E-state index in [4.69, 9.17) is 9.15 Å². The number of rotatable bonds is 5. The number of nitrogens with zero attached hydrogens (tertiary/aromatic N) is 1. The van der Waals surface area contributed by atoms with Gasteiger partial charge < -0.3 is 14.5 Å². The lowest BCUT2D eigenvalue weighted by molar-refractivity contribution is 0.327. The molecule has 1 aromatic carbocycles. The van der Waals surface area contributed by atoms with Crippen LogP contribution in [0, 0.1) is 6.92 Å². The summed E-state index contributed by atoms with van der Waals surface area (Å²) < 4.78 is 11.1. The normalized spacial score (nSPS) is 10.8. The van der Waals surface area contributed by atoms with Gasteiger partial charge in [0.2, 0.25) is 5.88 Å². The first-order valence-electron chi connectivity index (χ1n) is 7.07. The summed E-state index contributed by atoms with van der Waals surface area (Å²) in [4.78, 5) is 4.24. The van der Waals surface area contributed by atoms with Crippen molar-refractivity contribution in [2.45, 2.75) is 20.4 Å². The van der Waals surface area contributed by atoms with Gasteiger partial charge in [-0.2, -0.15) is 0 Å². The van der Waals surface area contributed by atoms with Crippen LogP contribution >= 0.6 is 0 Å². The standard InChI is InChI=1S/C17H18N2O2/c1-3-20-17-9-8-13(10-19-17)18-11-15-12(2)21-16-7-5-4-6-14(15)16/h4-10,18H,3,11H2,1-2H3. The highest BCUT2D eigenvalue weighted by Crippen LogP contribution is 2.26. The number of pyridine rings is 1. The Morgan fingerprint density at radius 1 is 1.19 bits per heavy atom. The second-order valence-electron chi connectivity index (χ2n) is 4.80. The molecule has 0 aliphatic rings. The van der Waals surface area contributed by atoms with Crippen LogP contribution in [0.15, 0.2) is 47.0 Å². The molecule has 0 radical (unpaired) electrons. The molecule has 2 aromatic heterocycles. The molecule has 1 N–H and O–H groups in total. The molecule has 4 heteroatoms. The molecule has 0 unspecified atom stereocenters. The number of aromatic nitrogens is 1. The zero-order valence-electron chi connectivity index (χ0n) is 12.2. The summed E-state index contributed by atoms with van der Waals surface area (Å²) in [6.45, 7) is 5.27. The molecule has 0 bridgehead atoms. The van der Waals surface area contributed by atoms with Crippen LogP contribution in [-0.2, 0) is 6.54 Å². The number of hydrogen-bond donors (Lipinski definition) is 1. The van der Waals surface area contributed by atoms with E-state index in [1.54, 1.807) is 6.20 Å². The van der Waals surface area contributed by atoms with E-state index in [9.17, 15) is 0 Å². The van der Waals surface area contributed by atoms with Crippen molar-refractivity contribution in [3.8, 4) is 5.88 Å². The minimum absolute atomic E-state index is 0.625. The van der Waals surface area contributed by atoms with Gasteiger partial charge in [0, 0.05) is 23.6 Å². The van der Waals surface area contributed by atoms with Crippen LogP contribution < -0.4 is 10.1 Å². The van der Waals surface area contributed by atoms with Crippen molar-refractivity contribution in [2.24, 2.45) is 0 Å². The number of fused-ring (bicyclic) bond motifs is 1. The molecule has 0 saturated heterocycles. The zero-order chi connectivity index (χ0) is 14.7. The molecular formula is C17H18N2O2. The van der Waals surface area contributed by atoms with E-state index in [1.807, 2.05) is 44.2 Å². The van der Waals surface area contributed by atoms with E-state index in [0.29, 0.717) is 19.0 Å². The van der Waals surface area contributed by atoms with Gasteiger partial charge in [0.15, 0.2) is 0 Å². The van der Waals surface area contributed by atoms with E-state index >= 15 is 0 Å². The molecule has 2 heterocycles. The summed E-state index contributed by atoms with van der Waals surface area (Å²) in [5.74, 6) is 1.59. The predicted molar refractivity (Wildman–Crippen MR) is 83.7 cm³/mol. The Balaban J connectivity index is 1.75. The van der Waals surface area contributed by atoms with Crippen molar-refractivity contribution in [2.75, 3.05) is 11.9 Å². The van der Waals surface area contributed by atoms with Gasteiger partial charge in [0.25, 0.3) is 0 Å². The third-order valence-corrected chi connectivity index (χ3v) is 3.40. The molecule has 0 saturated carbocycles. The minimum atomic E-state index is 0.625. The lowest BCUT2D eigenvalue weighted by Crippen LogP contribution is -2.01. The lowest BCUT2D eigenvalue weighted by Gasteiger charge is -2.07. The third kappa shape index (κ3) is 2.84. The van der Waals surface area contributed by atoms with Gasteiger partial charge in [0.1, 0.15) is 11.3 Å². The number of ether oxygens (including phenoxy) is 1. The summed E-state index contributed by atoms with van der Waals surface area (Å²) in [5, 5.41) is 4.53. The van der Waals surface area contributed by atoms with Crippen molar-refractivity contribution >= 4 is 16.7 Å². The lowest BCUT2D eigenvalue weighted by atomic mass is 10.1. The first-order valence-corrected chi connectivity index (χ1v) is 7.07. The second-order valence-corrected chi connectivity index (χ2v) is 4.80. The Morgan fingerprint density at radius 2 is 2.05 bits per heavy atom. The highest BCUT2D eigenvalue weighted by atomic mass is 16.5. The molecule has 21 heavy (non-hydrogen) atoms. The monoisotopic (exact) mass is 282 g/mol. The van der Waals surface area contributed by atoms with Gasteiger partial charge >= 0.3 is 0 Å². The average molecular weight is 282 g/mol. The Labute approximate surface area is 123 Å². The fourth-order valence-electron chi connectivity index (χ4n) is 2.35. The van der Waals surface area contributed by atoms with E-state index in [1.165, 1.54) is 5.56 Å². The number of para-hydroxylation sites is 1. The number of nitrogens with one attached hydrogen (secondary N) is 1. The largest absolute Gasteiger partial charge is 0.478 e. The van der Waals surface area contributed by atoms with Crippen LogP contribution in [-0.4, -0.2) is 11.6 Å². The highest BCUT2D eigenvalue weighted by Gasteiger charge is 2.09. The van der Waals surface area contributed by atoms with E-state index in [0.717, 1.165) is 22.4 Å². The number of aryl methyl sites for hydroxylation is 1. The van der Waals surface area contributed by atoms with Crippen molar-refractivity contribution in [3.05, 3.63) is 53.9 Å². The van der Waals surface area contributed by atoms with Gasteiger partial charge in [-0.05, 0) is 26.0 Å². The van der Waals surface area contributed by atoms with E-state index < -0.39 is 0 Å². The molecule has 108 valence electrons. The number of benzene rings is 1. The zero-order valence-corrected chi connectivity index (χ0v) is 12.2. The van der Waals surface area contributed by atoms with Gasteiger partial charge in [0.05, 0.1) is 18.5 Å². The van der Waals surface area contributed by atoms with Crippen LogP contribution in [0.25, 0.3) is 11.0 Å². The maximum Gasteiger partial charge on any atom is 0.213 e. The molecule has 0 fully saturated rings. The minimum Gasteiger partial charge on any atom is -0.478 e. The number of anilines is 1. The summed E-state index contributed by atoms with van der Waals surface area (Å²) in [7, 11) is 0. The van der Waals surface area contributed by atoms with Crippen LogP contribution in [0.5, 0.6) is 5.88 Å². The molecule has 3 rings (SSSR count). The Kier molecular flexibility index (Phi) is 3.77. The maximum absolute atomic E-state index is 5.76. The average Bonchev–Trinajstić information content (AvgIpc) is 2.82. The molecule has 0 spiro atoms. The highest BCUT2D eigenvalue weighted by molar-refractivity contribution is 5.82. The molecule has 4 nitrogen and oxygen atoms in total. The Hall–Kier alpha value is -2.49. The fraction of sp³-hybridized carbons (Fsp3) is 0.235. The van der Waals surface area contributed by atoms with Crippen molar-refractivity contribution < 1.29 is 9.15 Å². The predicted octanol–water partition coefficient (Wildman–Crippen LogP) is 4.15. The van der Waals surface area contributed by atoms with Crippen LogP contribution in [0.1, 0.15) is 18.2 Å². The summed E-state index contributed by atoms with van der Waals surface area (Å²) in [5.41, 5.74) is 3.07. The summed E-state index contributed by atoms with van der Waals surface area (Å²) in [6, 6.07) is 11.9. The third-order valence-electron chi connectivity index (χ3n) is 3.40. The van der Waals surface area contributed by atoms with E-state index in [-0.39, 0.29) is 0 Å². The smallest absolute Gasteiger partial charge is 0.213 e. The van der Waals surface area contributed by atoms with Gasteiger partial charge in [-0.15, -0.1) is 0 Å². The van der Waals surface area contributed by atoms with Crippen molar-refractivity contribution in [1.29, 1.82) is 0 Å². The molecule has 0 amide bonds.